The van der Waals surface area contributed by atoms with Gasteiger partial charge in [0.05, 0.1) is 0 Å². The number of nitrogens with one attached hydrogen (secondary N) is 3. The highest BCUT2D eigenvalue weighted by molar-refractivity contribution is 5.83. The van der Waals surface area contributed by atoms with Crippen LogP contribution in [0.15, 0.2) is 6.20 Å². The molecule has 3 unspecified atom stereocenters. The standard InChI is InChI=1S/C19H35N7O3/c1-4-15(18(28)22-7-5-9-26-12-14(3)24-25-26)11-16(10-13(2)17(21)27)19(29)23-8-6-20/h12-13,15-16H,4-11,20H2,1-3H3,(H4,21,22,23,27,28,29)/p+1. The molecule has 164 valence electrons. The number of aromatic amines is 1. The van der Waals surface area contributed by atoms with Crippen LogP contribution in [0, 0.1) is 24.7 Å². The van der Waals surface area contributed by atoms with Gasteiger partial charge in [-0.1, -0.05) is 19.1 Å². The number of carbonyl (C=O) groups is 3. The molecule has 7 N–H and O–H groups in total. The number of amides is 3. The highest BCUT2D eigenvalue weighted by Crippen LogP contribution is 2.23. The van der Waals surface area contributed by atoms with E-state index >= 15 is 0 Å². The van der Waals surface area contributed by atoms with Gasteiger partial charge < -0.3 is 22.1 Å². The maximum Gasteiger partial charge on any atom is 0.223 e. The van der Waals surface area contributed by atoms with Crippen molar-refractivity contribution < 1.29 is 19.1 Å². The summed E-state index contributed by atoms with van der Waals surface area (Å²) in [6.45, 7) is 7.45. The fourth-order valence-corrected chi connectivity index (χ4v) is 3.14. The van der Waals surface area contributed by atoms with E-state index in [2.05, 4.69) is 20.9 Å². The average molecular weight is 411 g/mol. The van der Waals surface area contributed by atoms with Gasteiger partial charge in [-0.15, -0.1) is 0 Å². The minimum absolute atomic E-state index is 0.0818. The zero-order chi connectivity index (χ0) is 21.8. The van der Waals surface area contributed by atoms with E-state index in [0.29, 0.717) is 38.9 Å². The molecule has 0 aliphatic rings. The molecule has 0 fully saturated rings. The lowest BCUT2D eigenvalue weighted by Gasteiger charge is -2.23. The van der Waals surface area contributed by atoms with Gasteiger partial charge in [0.1, 0.15) is 6.54 Å². The topological polar surface area (TPSA) is 160 Å². The molecule has 3 amide bonds. The molecular formula is C19H36N7O3+. The Morgan fingerprint density at radius 1 is 1.17 bits per heavy atom. The highest BCUT2D eigenvalue weighted by atomic mass is 16.2. The number of aromatic nitrogens is 3. The monoisotopic (exact) mass is 410 g/mol. The van der Waals surface area contributed by atoms with Gasteiger partial charge in [0.25, 0.3) is 0 Å². The van der Waals surface area contributed by atoms with E-state index in [-0.39, 0.29) is 17.7 Å². The molecule has 1 aromatic rings. The summed E-state index contributed by atoms with van der Waals surface area (Å²) in [5, 5.41) is 12.6. The van der Waals surface area contributed by atoms with Crippen LogP contribution >= 0.6 is 0 Å². The molecule has 10 nitrogen and oxygen atoms in total. The first-order valence-electron chi connectivity index (χ1n) is 10.2. The van der Waals surface area contributed by atoms with Crippen molar-refractivity contribution in [2.75, 3.05) is 19.6 Å². The fraction of sp³-hybridized carbons (Fsp3) is 0.737. The molecule has 0 saturated heterocycles. The third-order valence-electron chi connectivity index (χ3n) is 4.94. The van der Waals surface area contributed by atoms with Crippen molar-refractivity contribution >= 4 is 17.7 Å². The molecule has 0 aliphatic heterocycles. The van der Waals surface area contributed by atoms with Gasteiger partial charge in [0.15, 0.2) is 6.20 Å². The molecule has 1 aromatic heterocycles. The Balaban J connectivity index is 2.58. The first-order chi connectivity index (χ1) is 13.8. The van der Waals surface area contributed by atoms with Crippen LogP contribution in [0.4, 0.5) is 0 Å². The molecule has 0 radical (unpaired) electrons. The zero-order valence-electron chi connectivity index (χ0n) is 17.7. The van der Waals surface area contributed by atoms with Crippen molar-refractivity contribution in [3.8, 4) is 0 Å². The normalized spacial score (nSPS) is 14.1. The Hall–Kier alpha value is -2.49. The predicted octanol–water partition coefficient (Wildman–Crippen LogP) is -0.869. The van der Waals surface area contributed by atoms with E-state index in [1.165, 1.54) is 0 Å². The molecule has 29 heavy (non-hydrogen) atoms. The van der Waals surface area contributed by atoms with Gasteiger partial charge in [0, 0.05) is 55.8 Å². The van der Waals surface area contributed by atoms with Crippen molar-refractivity contribution in [1.29, 1.82) is 0 Å². The van der Waals surface area contributed by atoms with Gasteiger partial charge in [-0.05, 0) is 19.3 Å². The summed E-state index contributed by atoms with van der Waals surface area (Å²) in [6, 6.07) is 0. The van der Waals surface area contributed by atoms with Crippen LogP contribution in [-0.2, 0) is 20.9 Å². The largest absolute Gasteiger partial charge is 0.369 e. The molecule has 1 rings (SSSR count). The summed E-state index contributed by atoms with van der Waals surface area (Å²) in [5.74, 6) is -1.96. The molecule has 0 aromatic carbocycles. The Bertz CT molecular complexity index is 662. The van der Waals surface area contributed by atoms with E-state index in [1.807, 2.05) is 24.7 Å². The SMILES string of the molecule is CCC(CC(CC(C)C(N)=O)C(=O)NCCN)C(=O)NCCC[n+]1cc(C)n[nH]1. The maximum absolute atomic E-state index is 12.6. The second-order valence-electron chi connectivity index (χ2n) is 7.48. The Labute approximate surface area is 172 Å². The minimum Gasteiger partial charge on any atom is -0.369 e. The lowest BCUT2D eigenvalue weighted by molar-refractivity contribution is -0.753. The molecule has 0 saturated carbocycles. The lowest BCUT2D eigenvalue weighted by Crippen LogP contribution is -2.40. The summed E-state index contributed by atoms with van der Waals surface area (Å²) in [4.78, 5) is 36.5. The zero-order valence-corrected chi connectivity index (χ0v) is 17.7. The smallest absolute Gasteiger partial charge is 0.223 e. The van der Waals surface area contributed by atoms with E-state index in [1.54, 1.807) is 6.92 Å². The summed E-state index contributed by atoms with van der Waals surface area (Å²) >= 11 is 0. The molecule has 1 heterocycles. The number of primary amides is 1. The van der Waals surface area contributed by atoms with Crippen molar-refractivity contribution in [2.45, 2.75) is 53.0 Å². The fourth-order valence-electron chi connectivity index (χ4n) is 3.14. The highest BCUT2D eigenvalue weighted by Gasteiger charge is 2.28. The number of rotatable bonds is 14. The lowest BCUT2D eigenvalue weighted by atomic mass is 9.85. The van der Waals surface area contributed by atoms with Gasteiger partial charge in [-0.2, -0.15) is 4.68 Å². The summed E-state index contributed by atoms with van der Waals surface area (Å²) in [6.07, 6.45) is 3.94. The molecule has 0 spiro atoms. The number of carbonyl (C=O) groups excluding carboxylic acids is 3. The van der Waals surface area contributed by atoms with Crippen molar-refractivity contribution in [3.63, 3.8) is 0 Å². The number of nitrogens with zero attached hydrogens (tertiary/aromatic N) is 2. The summed E-state index contributed by atoms with van der Waals surface area (Å²) in [7, 11) is 0. The number of H-pyrrole nitrogens is 1. The molecule has 0 bridgehead atoms. The minimum atomic E-state index is -0.469. The van der Waals surface area contributed by atoms with Crippen LogP contribution in [-0.4, -0.2) is 47.7 Å². The molecule has 10 heteroatoms. The predicted molar refractivity (Wildman–Crippen MR) is 108 cm³/mol. The third kappa shape index (κ3) is 9.03. The Morgan fingerprint density at radius 3 is 2.38 bits per heavy atom. The molecular weight excluding hydrogens is 374 g/mol. The van der Waals surface area contributed by atoms with Crippen LogP contribution in [0.5, 0.6) is 0 Å². The number of aryl methyl sites for hydroxylation is 2. The van der Waals surface area contributed by atoms with Crippen LogP contribution in [0.3, 0.4) is 0 Å². The van der Waals surface area contributed by atoms with Gasteiger partial charge in [-0.3, -0.25) is 14.4 Å². The average Bonchev–Trinajstić information content (AvgIpc) is 3.11. The Morgan fingerprint density at radius 2 is 1.83 bits per heavy atom. The third-order valence-corrected chi connectivity index (χ3v) is 4.94. The quantitative estimate of drug-likeness (QED) is 0.199. The first kappa shape index (κ1) is 24.5. The number of nitrogens with two attached hydrogens (primary N) is 2. The molecule has 3 atom stereocenters. The van der Waals surface area contributed by atoms with Crippen molar-refractivity contribution in [2.24, 2.45) is 29.2 Å². The van der Waals surface area contributed by atoms with Gasteiger partial charge in [0.2, 0.25) is 23.4 Å². The number of hydrogen-bond acceptors (Lipinski definition) is 5. The number of hydrogen-bond donors (Lipinski definition) is 5. The van der Waals surface area contributed by atoms with Crippen LogP contribution in [0.2, 0.25) is 0 Å². The van der Waals surface area contributed by atoms with E-state index in [0.717, 1.165) is 18.7 Å². The Kier molecular flexibility index (Phi) is 10.9. The van der Waals surface area contributed by atoms with Crippen LogP contribution in [0.25, 0.3) is 0 Å². The van der Waals surface area contributed by atoms with Crippen molar-refractivity contribution in [1.82, 2.24) is 20.9 Å². The second-order valence-corrected chi connectivity index (χ2v) is 7.48. The van der Waals surface area contributed by atoms with Crippen molar-refractivity contribution in [3.05, 3.63) is 11.9 Å². The summed E-state index contributed by atoms with van der Waals surface area (Å²) in [5.41, 5.74) is 11.7. The molecule has 0 aliphatic carbocycles. The second kappa shape index (κ2) is 12.9. The van der Waals surface area contributed by atoms with Gasteiger partial charge >= 0.3 is 0 Å². The summed E-state index contributed by atoms with van der Waals surface area (Å²) < 4.78 is 1.86. The van der Waals surface area contributed by atoms with Gasteiger partial charge in [-0.25, -0.2) is 0 Å². The van der Waals surface area contributed by atoms with Crippen LogP contribution < -0.4 is 26.8 Å². The van der Waals surface area contributed by atoms with Crippen LogP contribution in [0.1, 0.15) is 45.2 Å². The van der Waals surface area contributed by atoms with E-state index in [4.69, 9.17) is 11.5 Å². The first-order valence-corrected chi connectivity index (χ1v) is 10.2. The van der Waals surface area contributed by atoms with E-state index in [9.17, 15) is 14.4 Å². The van der Waals surface area contributed by atoms with E-state index < -0.39 is 17.7 Å². The maximum atomic E-state index is 12.6.